The Morgan fingerprint density at radius 1 is 1.04 bits per heavy atom. The molecular formula is C20H24ClNO4S. The number of rotatable bonds is 7. The quantitative estimate of drug-likeness (QED) is 0.687. The highest BCUT2D eigenvalue weighted by atomic mass is 35.5. The molecule has 27 heavy (non-hydrogen) atoms. The van der Waals surface area contributed by atoms with Crippen molar-refractivity contribution in [2.75, 3.05) is 17.8 Å². The standard InChI is InChI=1S/C20H24ClNO4S/c1-14(2)22(17-7-5-16(21)6-8-17)20(23)15(3)13-27(24,25)19-11-9-18(26-4)10-12-19/h5-12,14-15H,13H2,1-4H3. The lowest BCUT2D eigenvalue weighted by Crippen LogP contribution is -2.42. The van der Waals surface area contributed by atoms with Crippen LogP contribution in [0.15, 0.2) is 53.4 Å². The van der Waals surface area contributed by atoms with Gasteiger partial charge < -0.3 is 9.64 Å². The first kappa shape index (κ1) is 21.3. The third kappa shape index (κ3) is 5.23. The second-order valence-electron chi connectivity index (χ2n) is 6.64. The van der Waals surface area contributed by atoms with Gasteiger partial charge in [-0.2, -0.15) is 0 Å². The van der Waals surface area contributed by atoms with E-state index in [1.165, 1.54) is 19.2 Å². The van der Waals surface area contributed by atoms with E-state index in [0.717, 1.165) is 0 Å². The first-order valence-corrected chi connectivity index (χ1v) is 10.6. The predicted octanol–water partition coefficient (Wildman–Crippen LogP) is 4.20. The molecule has 2 rings (SSSR count). The molecular weight excluding hydrogens is 386 g/mol. The average Bonchev–Trinajstić information content (AvgIpc) is 2.62. The lowest BCUT2D eigenvalue weighted by molar-refractivity contribution is -0.121. The summed E-state index contributed by atoms with van der Waals surface area (Å²) >= 11 is 5.92. The molecule has 0 aliphatic rings. The summed E-state index contributed by atoms with van der Waals surface area (Å²) in [7, 11) is -2.09. The Kier molecular flexibility index (Phi) is 6.89. The number of halogens is 1. The molecule has 0 aromatic heterocycles. The van der Waals surface area contributed by atoms with Crippen molar-refractivity contribution in [3.8, 4) is 5.75 Å². The monoisotopic (exact) mass is 409 g/mol. The molecule has 5 nitrogen and oxygen atoms in total. The zero-order valence-corrected chi connectivity index (χ0v) is 17.4. The number of hydrogen-bond acceptors (Lipinski definition) is 4. The number of sulfone groups is 1. The van der Waals surface area contributed by atoms with Crippen LogP contribution in [-0.2, 0) is 14.6 Å². The van der Waals surface area contributed by atoms with Gasteiger partial charge in [0, 0.05) is 22.7 Å². The van der Waals surface area contributed by atoms with Gasteiger partial charge in [-0.1, -0.05) is 18.5 Å². The second-order valence-corrected chi connectivity index (χ2v) is 9.11. The molecule has 0 N–H and O–H groups in total. The molecule has 7 heteroatoms. The number of nitrogens with zero attached hydrogens (tertiary/aromatic N) is 1. The zero-order chi connectivity index (χ0) is 20.2. The highest BCUT2D eigenvalue weighted by Crippen LogP contribution is 2.24. The summed E-state index contributed by atoms with van der Waals surface area (Å²) in [4.78, 5) is 14.8. The van der Waals surface area contributed by atoms with Crippen molar-refractivity contribution >= 4 is 33.0 Å². The van der Waals surface area contributed by atoms with Gasteiger partial charge in [0.05, 0.1) is 17.8 Å². The summed E-state index contributed by atoms with van der Waals surface area (Å²) in [6.07, 6.45) is 0. The van der Waals surface area contributed by atoms with Crippen LogP contribution in [-0.4, -0.2) is 33.2 Å². The van der Waals surface area contributed by atoms with Crippen molar-refractivity contribution in [3.05, 3.63) is 53.6 Å². The summed E-state index contributed by atoms with van der Waals surface area (Å²) in [5, 5.41) is 0.574. The Labute approximate surface area is 165 Å². The minimum absolute atomic E-state index is 0.121. The number of carbonyl (C=O) groups excluding carboxylic acids is 1. The largest absolute Gasteiger partial charge is 0.497 e. The minimum Gasteiger partial charge on any atom is -0.497 e. The third-order valence-electron chi connectivity index (χ3n) is 4.17. The van der Waals surface area contributed by atoms with Crippen molar-refractivity contribution in [2.45, 2.75) is 31.7 Å². The molecule has 1 unspecified atom stereocenters. The maximum absolute atomic E-state index is 13.0. The summed E-state index contributed by atoms with van der Waals surface area (Å²) in [5.41, 5.74) is 0.688. The molecule has 0 aliphatic heterocycles. The van der Waals surface area contributed by atoms with E-state index < -0.39 is 15.8 Å². The maximum Gasteiger partial charge on any atom is 0.231 e. The van der Waals surface area contributed by atoms with Crippen molar-refractivity contribution in [1.82, 2.24) is 0 Å². The fraction of sp³-hybridized carbons (Fsp3) is 0.350. The van der Waals surface area contributed by atoms with Crippen molar-refractivity contribution in [2.24, 2.45) is 5.92 Å². The number of hydrogen-bond donors (Lipinski definition) is 0. The van der Waals surface area contributed by atoms with Gasteiger partial charge in [-0.05, 0) is 62.4 Å². The van der Waals surface area contributed by atoms with E-state index >= 15 is 0 Å². The molecule has 0 spiro atoms. The summed E-state index contributed by atoms with van der Waals surface area (Å²) < 4.78 is 30.4. The Bertz CT molecular complexity index is 877. The topological polar surface area (TPSA) is 63.7 Å². The molecule has 0 bridgehead atoms. The maximum atomic E-state index is 13.0. The SMILES string of the molecule is COc1ccc(S(=O)(=O)CC(C)C(=O)N(c2ccc(Cl)cc2)C(C)C)cc1. The molecule has 0 saturated carbocycles. The molecule has 1 atom stereocenters. The predicted molar refractivity (Wildman–Crippen MR) is 108 cm³/mol. The van der Waals surface area contributed by atoms with Crippen molar-refractivity contribution in [1.29, 1.82) is 0 Å². The Morgan fingerprint density at radius 2 is 1.59 bits per heavy atom. The van der Waals surface area contributed by atoms with E-state index in [4.69, 9.17) is 16.3 Å². The van der Waals surface area contributed by atoms with Gasteiger partial charge in [0.15, 0.2) is 9.84 Å². The van der Waals surface area contributed by atoms with E-state index in [2.05, 4.69) is 0 Å². The number of anilines is 1. The highest BCUT2D eigenvalue weighted by molar-refractivity contribution is 7.91. The van der Waals surface area contributed by atoms with E-state index in [1.54, 1.807) is 48.2 Å². The van der Waals surface area contributed by atoms with E-state index in [9.17, 15) is 13.2 Å². The fourth-order valence-electron chi connectivity index (χ4n) is 2.80. The molecule has 2 aromatic carbocycles. The lowest BCUT2D eigenvalue weighted by Gasteiger charge is -2.29. The van der Waals surface area contributed by atoms with Gasteiger partial charge in [-0.3, -0.25) is 4.79 Å². The molecule has 2 aromatic rings. The smallest absolute Gasteiger partial charge is 0.231 e. The Hall–Kier alpha value is -2.05. The molecule has 0 aliphatic carbocycles. The number of amides is 1. The Balaban J connectivity index is 2.22. The van der Waals surface area contributed by atoms with Crippen LogP contribution in [0.25, 0.3) is 0 Å². The summed E-state index contributed by atoms with van der Waals surface area (Å²) in [6.45, 7) is 5.41. The molecule has 0 saturated heterocycles. The highest BCUT2D eigenvalue weighted by Gasteiger charge is 2.29. The van der Waals surface area contributed by atoms with Crippen LogP contribution in [0, 0.1) is 5.92 Å². The third-order valence-corrected chi connectivity index (χ3v) is 6.35. The lowest BCUT2D eigenvalue weighted by atomic mass is 10.1. The van der Waals surface area contributed by atoms with Crippen LogP contribution in [0.2, 0.25) is 5.02 Å². The number of benzene rings is 2. The van der Waals surface area contributed by atoms with E-state index in [0.29, 0.717) is 16.5 Å². The normalized spacial score (nSPS) is 12.7. The van der Waals surface area contributed by atoms with Crippen LogP contribution >= 0.6 is 11.6 Å². The average molecular weight is 410 g/mol. The van der Waals surface area contributed by atoms with Crippen LogP contribution in [0.3, 0.4) is 0 Å². The minimum atomic E-state index is -3.60. The number of carbonyl (C=O) groups is 1. The summed E-state index contributed by atoms with van der Waals surface area (Å²) in [5.74, 6) is -0.638. The van der Waals surface area contributed by atoms with Crippen LogP contribution in [0.4, 0.5) is 5.69 Å². The van der Waals surface area contributed by atoms with Gasteiger partial charge in [0.2, 0.25) is 5.91 Å². The molecule has 1 amide bonds. The number of ether oxygens (including phenoxy) is 1. The van der Waals surface area contributed by atoms with E-state index in [-0.39, 0.29) is 22.6 Å². The van der Waals surface area contributed by atoms with Crippen LogP contribution in [0.1, 0.15) is 20.8 Å². The fourth-order valence-corrected chi connectivity index (χ4v) is 4.47. The number of methoxy groups -OCH3 is 1. The molecule has 0 fully saturated rings. The zero-order valence-electron chi connectivity index (χ0n) is 15.8. The van der Waals surface area contributed by atoms with Gasteiger partial charge in [0.1, 0.15) is 5.75 Å². The molecule has 146 valence electrons. The van der Waals surface area contributed by atoms with E-state index in [1.807, 2.05) is 13.8 Å². The van der Waals surface area contributed by atoms with Gasteiger partial charge in [-0.25, -0.2) is 8.42 Å². The van der Waals surface area contributed by atoms with Crippen LogP contribution < -0.4 is 9.64 Å². The Morgan fingerprint density at radius 3 is 2.07 bits per heavy atom. The second kappa shape index (κ2) is 8.76. The van der Waals surface area contributed by atoms with Crippen LogP contribution in [0.5, 0.6) is 5.75 Å². The van der Waals surface area contributed by atoms with Gasteiger partial charge in [0.25, 0.3) is 0 Å². The van der Waals surface area contributed by atoms with Gasteiger partial charge in [-0.15, -0.1) is 0 Å². The van der Waals surface area contributed by atoms with Gasteiger partial charge >= 0.3 is 0 Å². The molecule has 0 heterocycles. The first-order valence-electron chi connectivity index (χ1n) is 8.61. The van der Waals surface area contributed by atoms with Crippen molar-refractivity contribution in [3.63, 3.8) is 0 Å². The molecule has 0 radical (unpaired) electrons. The summed E-state index contributed by atoms with van der Waals surface area (Å²) in [6, 6.07) is 13.0. The van der Waals surface area contributed by atoms with Crippen molar-refractivity contribution < 1.29 is 17.9 Å². The first-order chi connectivity index (χ1) is 12.7.